The fraction of sp³-hybridized carbons (Fsp3) is 0.500. The van der Waals surface area contributed by atoms with Gasteiger partial charge < -0.3 is 4.90 Å². The second-order valence-corrected chi connectivity index (χ2v) is 5.00. The number of rotatable bonds is 4. The van der Waals surface area contributed by atoms with Crippen LogP contribution in [0.4, 0.5) is 0 Å². The van der Waals surface area contributed by atoms with E-state index in [0.717, 1.165) is 5.56 Å². The lowest BCUT2D eigenvalue weighted by molar-refractivity contribution is 0.0707. The van der Waals surface area contributed by atoms with Crippen LogP contribution in [-0.4, -0.2) is 23.9 Å². The highest BCUT2D eigenvalue weighted by molar-refractivity contribution is 6.17. The number of hydrogen-bond donors (Lipinski definition) is 0. The number of amides is 1. The predicted molar refractivity (Wildman–Crippen MR) is 72.4 cm³/mol. The molecule has 1 aromatic rings. The van der Waals surface area contributed by atoms with Gasteiger partial charge >= 0.3 is 0 Å². The van der Waals surface area contributed by atoms with Crippen LogP contribution in [0.25, 0.3) is 0 Å². The normalized spacial score (nSPS) is 12.6. The SMILES string of the molecule is CC(C)C(C)N(C)C(=O)c1ccc(CCl)cc1. The van der Waals surface area contributed by atoms with Crippen molar-refractivity contribution >= 4 is 17.5 Å². The van der Waals surface area contributed by atoms with Gasteiger partial charge in [-0.3, -0.25) is 4.79 Å². The molecule has 1 unspecified atom stereocenters. The van der Waals surface area contributed by atoms with E-state index < -0.39 is 0 Å². The molecule has 0 bridgehead atoms. The quantitative estimate of drug-likeness (QED) is 0.752. The largest absolute Gasteiger partial charge is 0.339 e. The van der Waals surface area contributed by atoms with Crippen molar-refractivity contribution in [3.63, 3.8) is 0 Å². The van der Waals surface area contributed by atoms with Crippen LogP contribution >= 0.6 is 11.6 Å². The Morgan fingerprint density at radius 2 is 1.76 bits per heavy atom. The van der Waals surface area contributed by atoms with Gasteiger partial charge in [-0.05, 0) is 30.5 Å². The molecule has 0 fully saturated rings. The van der Waals surface area contributed by atoms with Crippen molar-refractivity contribution in [2.24, 2.45) is 5.92 Å². The van der Waals surface area contributed by atoms with Crippen LogP contribution in [0.15, 0.2) is 24.3 Å². The molecule has 0 heterocycles. The van der Waals surface area contributed by atoms with Crippen molar-refractivity contribution in [2.45, 2.75) is 32.7 Å². The fourth-order valence-corrected chi connectivity index (χ4v) is 1.75. The highest BCUT2D eigenvalue weighted by Gasteiger charge is 2.19. The van der Waals surface area contributed by atoms with E-state index in [4.69, 9.17) is 11.6 Å². The lowest BCUT2D eigenvalue weighted by Gasteiger charge is -2.28. The summed E-state index contributed by atoms with van der Waals surface area (Å²) in [7, 11) is 1.85. The van der Waals surface area contributed by atoms with Gasteiger partial charge in [0.2, 0.25) is 0 Å². The summed E-state index contributed by atoms with van der Waals surface area (Å²) in [6.07, 6.45) is 0. The van der Waals surface area contributed by atoms with Crippen molar-refractivity contribution in [1.82, 2.24) is 4.90 Å². The van der Waals surface area contributed by atoms with Crippen LogP contribution in [-0.2, 0) is 5.88 Å². The van der Waals surface area contributed by atoms with Gasteiger partial charge in [0.15, 0.2) is 0 Å². The van der Waals surface area contributed by atoms with Gasteiger partial charge in [-0.25, -0.2) is 0 Å². The average molecular weight is 254 g/mol. The zero-order valence-corrected chi connectivity index (χ0v) is 11.7. The maximum atomic E-state index is 12.2. The minimum Gasteiger partial charge on any atom is -0.339 e. The lowest BCUT2D eigenvalue weighted by Crippen LogP contribution is -2.38. The summed E-state index contributed by atoms with van der Waals surface area (Å²) in [6, 6.07) is 7.70. The Labute approximate surface area is 109 Å². The molecule has 2 nitrogen and oxygen atoms in total. The first kappa shape index (κ1) is 14.0. The van der Waals surface area contributed by atoms with Crippen LogP contribution in [0.1, 0.15) is 36.7 Å². The van der Waals surface area contributed by atoms with Crippen LogP contribution in [0.5, 0.6) is 0 Å². The van der Waals surface area contributed by atoms with Crippen LogP contribution in [0.2, 0.25) is 0 Å². The number of alkyl halides is 1. The van der Waals surface area contributed by atoms with Crippen molar-refractivity contribution in [3.05, 3.63) is 35.4 Å². The monoisotopic (exact) mass is 253 g/mol. The van der Waals surface area contributed by atoms with Crippen molar-refractivity contribution in [3.8, 4) is 0 Å². The van der Waals surface area contributed by atoms with E-state index in [-0.39, 0.29) is 11.9 Å². The fourth-order valence-electron chi connectivity index (χ4n) is 1.57. The van der Waals surface area contributed by atoms with Gasteiger partial charge in [0.05, 0.1) is 0 Å². The molecule has 0 aliphatic carbocycles. The molecule has 0 saturated heterocycles. The Morgan fingerprint density at radius 1 is 1.24 bits per heavy atom. The molecule has 1 amide bonds. The van der Waals surface area contributed by atoms with Crippen LogP contribution < -0.4 is 0 Å². The molecule has 0 N–H and O–H groups in total. The van der Waals surface area contributed by atoms with Crippen molar-refractivity contribution in [1.29, 1.82) is 0 Å². The number of benzene rings is 1. The Kier molecular flexibility index (Phi) is 5.01. The Hall–Kier alpha value is -1.02. The zero-order chi connectivity index (χ0) is 13.0. The topological polar surface area (TPSA) is 20.3 Å². The predicted octanol–water partition coefficient (Wildman–Crippen LogP) is 3.54. The summed E-state index contributed by atoms with van der Waals surface area (Å²) in [5.74, 6) is 0.991. The van der Waals surface area contributed by atoms with Crippen molar-refractivity contribution in [2.75, 3.05) is 7.05 Å². The third kappa shape index (κ3) is 3.47. The Morgan fingerprint density at radius 3 is 2.18 bits per heavy atom. The van der Waals surface area contributed by atoms with Gasteiger partial charge in [0.1, 0.15) is 0 Å². The van der Waals surface area contributed by atoms with E-state index >= 15 is 0 Å². The number of carbonyl (C=O) groups is 1. The molecule has 0 aromatic heterocycles. The van der Waals surface area contributed by atoms with Gasteiger partial charge in [-0.1, -0.05) is 26.0 Å². The Bertz CT molecular complexity index is 372. The molecule has 0 aliphatic rings. The molecule has 0 aliphatic heterocycles. The molecule has 0 radical (unpaired) electrons. The molecular weight excluding hydrogens is 234 g/mol. The summed E-state index contributed by atoms with van der Waals surface area (Å²) < 4.78 is 0. The first-order chi connectivity index (χ1) is 7.97. The third-order valence-electron chi connectivity index (χ3n) is 3.25. The van der Waals surface area contributed by atoms with E-state index in [2.05, 4.69) is 20.8 Å². The number of carbonyl (C=O) groups excluding carboxylic acids is 1. The first-order valence-electron chi connectivity index (χ1n) is 5.89. The summed E-state index contributed by atoms with van der Waals surface area (Å²) in [5.41, 5.74) is 1.75. The molecule has 3 heteroatoms. The summed E-state index contributed by atoms with van der Waals surface area (Å²) in [5, 5.41) is 0. The zero-order valence-electron chi connectivity index (χ0n) is 10.9. The Balaban J connectivity index is 2.81. The minimum atomic E-state index is 0.0623. The summed E-state index contributed by atoms with van der Waals surface area (Å²) in [6.45, 7) is 6.30. The van der Waals surface area contributed by atoms with E-state index in [1.807, 2.05) is 31.3 Å². The second kappa shape index (κ2) is 6.06. The van der Waals surface area contributed by atoms with Gasteiger partial charge in [-0.2, -0.15) is 0 Å². The maximum Gasteiger partial charge on any atom is 0.253 e. The highest BCUT2D eigenvalue weighted by Crippen LogP contribution is 2.13. The lowest BCUT2D eigenvalue weighted by atomic mass is 10.0. The molecule has 94 valence electrons. The standard InChI is InChI=1S/C14H20ClNO/c1-10(2)11(3)16(4)14(17)13-7-5-12(9-15)6-8-13/h5-8,10-11H,9H2,1-4H3. The molecule has 0 saturated carbocycles. The smallest absolute Gasteiger partial charge is 0.253 e. The van der Waals surface area contributed by atoms with E-state index in [0.29, 0.717) is 17.4 Å². The minimum absolute atomic E-state index is 0.0623. The van der Waals surface area contributed by atoms with Gasteiger partial charge in [-0.15, -0.1) is 11.6 Å². The summed E-state index contributed by atoms with van der Waals surface area (Å²) in [4.78, 5) is 14.0. The van der Waals surface area contributed by atoms with E-state index in [1.54, 1.807) is 4.90 Å². The van der Waals surface area contributed by atoms with Gasteiger partial charge in [0, 0.05) is 24.5 Å². The first-order valence-corrected chi connectivity index (χ1v) is 6.43. The van der Waals surface area contributed by atoms with Crippen LogP contribution in [0, 0.1) is 5.92 Å². The number of halogens is 1. The molecule has 1 atom stereocenters. The molecule has 1 rings (SSSR count). The van der Waals surface area contributed by atoms with E-state index in [1.165, 1.54) is 0 Å². The average Bonchev–Trinajstić information content (AvgIpc) is 2.36. The van der Waals surface area contributed by atoms with E-state index in [9.17, 15) is 4.79 Å². The molecular formula is C14H20ClNO. The maximum absolute atomic E-state index is 12.2. The molecule has 17 heavy (non-hydrogen) atoms. The van der Waals surface area contributed by atoms with Crippen LogP contribution in [0.3, 0.4) is 0 Å². The third-order valence-corrected chi connectivity index (χ3v) is 3.56. The number of nitrogens with zero attached hydrogens (tertiary/aromatic N) is 1. The molecule has 1 aromatic carbocycles. The summed E-state index contributed by atoms with van der Waals surface area (Å²) >= 11 is 5.72. The van der Waals surface area contributed by atoms with Crippen molar-refractivity contribution < 1.29 is 4.79 Å². The van der Waals surface area contributed by atoms with Gasteiger partial charge in [0.25, 0.3) is 5.91 Å². The number of hydrogen-bond acceptors (Lipinski definition) is 1. The molecule has 0 spiro atoms. The highest BCUT2D eigenvalue weighted by atomic mass is 35.5. The second-order valence-electron chi connectivity index (χ2n) is 4.73.